The summed E-state index contributed by atoms with van der Waals surface area (Å²) in [6.07, 6.45) is -1.01. The summed E-state index contributed by atoms with van der Waals surface area (Å²) in [6, 6.07) is 5.95. The fourth-order valence-electron chi connectivity index (χ4n) is 3.04. The van der Waals surface area contributed by atoms with Crippen LogP contribution in [0.2, 0.25) is 0 Å². The van der Waals surface area contributed by atoms with Crippen molar-refractivity contribution in [3.8, 4) is 17.0 Å². The highest BCUT2D eigenvalue weighted by Crippen LogP contribution is 2.45. The van der Waals surface area contributed by atoms with Crippen LogP contribution in [0.25, 0.3) is 11.3 Å². The van der Waals surface area contributed by atoms with Crippen LogP contribution in [0.5, 0.6) is 5.75 Å². The molecule has 2 heterocycles. The van der Waals surface area contributed by atoms with Gasteiger partial charge in [0, 0.05) is 16.9 Å². The number of carbonyl (C=O) groups excluding carboxylic acids is 1. The van der Waals surface area contributed by atoms with E-state index in [2.05, 4.69) is 36.1 Å². The van der Waals surface area contributed by atoms with Crippen LogP contribution in [0.3, 0.4) is 0 Å². The maximum absolute atomic E-state index is 13.2. The Bertz CT molecular complexity index is 1080. The third kappa shape index (κ3) is 5.06. The van der Waals surface area contributed by atoms with Crippen molar-refractivity contribution in [2.75, 3.05) is 5.32 Å². The Labute approximate surface area is 186 Å². The molecule has 0 radical (unpaired) electrons. The fourth-order valence-corrected chi connectivity index (χ4v) is 4.56. The van der Waals surface area contributed by atoms with Gasteiger partial charge in [-0.15, -0.1) is 11.3 Å². The topological polar surface area (TPSA) is 69.0 Å². The van der Waals surface area contributed by atoms with Crippen LogP contribution in [-0.2, 0) is 11.3 Å². The first-order valence-electron chi connectivity index (χ1n) is 9.16. The second-order valence-corrected chi connectivity index (χ2v) is 8.46. The van der Waals surface area contributed by atoms with E-state index in [1.165, 1.54) is 28.2 Å². The SMILES string of the molecule is O=C(Cn1nc(C(F)F)c(Br)c1C1CC1)Nc1nc(-c2ccc(OC(F)F)cc2)cs1. The highest BCUT2D eigenvalue weighted by Gasteiger charge is 2.34. The molecule has 0 unspecified atom stereocenters. The zero-order chi connectivity index (χ0) is 22.1. The number of ether oxygens (including phenoxy) is 1. The van der Waals surface area contributed by atoms with Crippen LogP contribution < -0.4 is 10.1 Å². The number of aromatic nitrogens is 3. The molecule has 6 nitrogen and oxygen atoms in total. The number of hydrogen-bond donors (Lipinski definition) is 1. The lowest BCUT2D eigenvalue weighted by atomic mass is 10.2. The van der Waals surface area contributed by atoms with E-state index in [1.54, 1.807) is 17.5 Å². The van der Waals surface area contributed by atoms with Crippen molar-refractivity contribution in [3.63, 3.8) is 0 Å². The zero-order valence-electron chi connectivity index (χ0n) is 15.7. The summed E-state index contributed by atoms with van der Waals surface area (Å²) in [5, 5.41) is 8.58. The molecular weight excluding hydrogens is 504 g/mol. The van der Waals surface area contributed by atoms with Crippen LogP contribution in [0.15, 0.2) is 34.1 Å². The molecule has 3 aromatic rings. The molecule has 1 saturated carbocycles. The van der Waals surface area contributed by atoms with Gasteiger partial charge in [-0.05, 0) is 53.0 Å². The summed E-state index contributed by atoms with van der Waals surface area (Å²) < 4.78 is 56.7. The summed E-state index contributed by atoms with van der Waals surface area (Å²) >= 11 is 4.37. The number of halogens is 5. The van der Waals surface area contributed by atoms with Gasteiger partial charge in [0.05, 0.1) is 15.9 Å². The molecule has 164 valence electrons. The minimum absolute atomic E-state index is 0.0301. The van der Waals surface area contributed by atoms with Crippen LogP contribution in [0.4, 0.5) is 22.7 Å². The monoisotopic (exact) mass is 518 g/mol. The van der Waals surface area contributed by atoms with Crippen molar-refractivity contribution in [3.05, 3.63) is 45.5 Å². The lowest BCUT2D eigenvalue weighted by molar-refractivity contribution is -0.117. The van der Waals surface area contributed by atoms with Crippen LogP contribution in [-0.4, -0.2) is 27.3 Å². The van der Waals surface area contributed by atoms with E-state index in [1.807, 2.05) is 0 Å². The van der Waals surface area contributed by atoms with E-state index in [-0.39, 0.29) is 28.4 Å². The predicted octanol–water partition coefficient (Wildman–Crippen LogP) is 5.82. The average Bonchev–Trinajstić information content (AvgIpc) is 3.34. The largest absolute Gasteiger partial charge is 0.435 e. The molecule has 2 aromatic heterocycles. The summed E-state index contributed by atoms with van der Waals surface area (Å²) in [7, 11) is 0. The van der Waals surface area contributed by atoms with Crippen LogP contribution in [0, 0.1) is 0 Å². The van der Waals surface area contributed by atoms with Gasteiger partial charge in [-0.1, -0.05) is 0 Å². The minimum Gasteiger partial charge on any atom is -0.435 e. The van der Waals surface area contributed by atoms with E-state index in [4.69, 9.17) is 0 Å². The minimum atomic E-state index is -2.90. The second-order valence-electron chi connectivity index (χ2n) is 6.81. The predicted molar refractivity (Wildman–Crippen MR) is 110 cm³/mol. The van der Waals surface area contributed by atoms with E-state index in [9.17, 15) is 22.4 Å². The first-order chi connectivity index (χ1) is 14.8. The highest BCUT2D eigenvalue weighted by molar-refractivity contribution is 9.10. The molecule has 0 saturated heterocycles. The molecule has 31 heavy (non-hydrogen) atoms. The fraction of sp³-hybridized carbons (Fsp3) is 0.316. The molecule has 1 N–H and O–H groups in total. The van der Waals surface area contributed by atoms with Crippen LogP contribution >= 0.6 is 27.3 Å². The van der Waals surface area contributed by atoms with Crippen LogP contribution in [0.1, 0.15) is 36.6 Å². The molecule has 0 bridgehead atoms. The highest BCUT2D eigenvalue weighted by atomic mass is 79.9. The van der Waals surface area contributed by atoms with E-state index in [0.717, 1.165) is 12.8 Å². The zero-order valence-corrected chi connectivity index (χ0v) is 18.1. The Balaban J connectivity index is 1.43. The Hall–Kier alpha value is -2.47. The molecule has 1 aromatic carbocycles. The van der Waals surface area contributed by atoms with Gasteiger partial charge in [-0.2, -0.15) is 13.9 Å². The number of thiazole rings is 1. The summed E-state index contributed by atoms with van der Waals surface area (Å²) in [6.45, 7) is -3.12. The molecule has 0 aliphatic heterocycles. The molecule has 1 aliphatic carbocycles. The molecule has 1 aliphatic rings. The van der Waals surface area contributed by atoms with E-state index < -0.39 is 18.9 Å². The number of benzene rings is 1. The number of nitrogens with zero attached hydrogens (tertiary/aromatic N) is 3. The van der Waals surface area contributed by atoms with Crippen molar-refractivity contribution in [1.29, 1.82) is 0 Å². The van der Waals surface area contributed by atoms with Gasteiger partial charge >= 0.3 is 6.61 Å². The lowest BCUT2D eigenvalue weighted by Gasteiger charge is -2.07. The molecule has 4 rings (SSSR count). The Kier molecular flexibility index (Phi) is 6.28. The summed E-state index contributed by atoms with van der Waals surface area (Å²) in [4.78, 5) is 16.8. The normalized spacial score (nSPS) is 13.8. The van der Waals surface area contributed by atoms with Gasteiger partial charge in [-0.3, -0.25) is 9.48 Å². The van der Waals surface area contributed by atoms with E-state index >= 15 is 0 Å². The van der Waals surface area contributed by atoms with Crippen molar-refractivity contribution >= 4 is 38.3 Å². The Morgan fingerprint density at radius 1 is 1.26 bits per heavy atom. The summed E-state index contributed by atoms with van der Waals surface area (Å²) in [5.74, 6) is -0.299. The van der Waals surface area contributed by atoms with Crippen molar-refractivity contribution in [2.45, 2.75) is 38.3 Å². The number of hydrogen-bond acceptors (Lipinski definition) is 5. The number of anilines is 1. The molecule has 0 atom stereocenters. The number of rotatable bonds is 8. The van der Waals surface area contributed by atoms with Gasteiger partial charge in [0.25, 0.3) is 6.43 Å². The van der Waals surface area contributed by atoms with Gasteiger partial charge in [0.1, 0.15) is 18.0 Å². The lowest BCUT2D eigenvalue weighted by Crippen LogP contribution is -2.20. The average molecular weight is 519 g/mol. The molecular formula is C19H15BrF4N4O2S. The van der Waals surface area contributed by atoms with Crippen molar-refractivity contribution in [1.82, 2.24) is 14.8 Å². The standard InChI is InChI=1S/C19H15BrF4N4O2S/c20-14-15(17(21)22)27-28(16(14)10-1-2-10)7-13(29)26-19-25-12(8-31-19)9-3-5-11(6-4-9)30-18(23)24/h3-6,8,10,17-18H,1-2,7H2,(H,25,26,29). The third-order valence-corrected chi connectivity index (χ3v) is 6.12. The van der Waals surface area contributed by atoms with Gasteiger partial charge in [0.15, 0.2) is 5.13 Å². The van der Waals surface area contributed by atoms with Gasteiger partial charge in [0.2, 0.25) is 5.91 Å². The Morgan fingerprint density at radius 3 is 2.58 bits per heavy atom. The molecule has 12 heteroatoms. The first kappa shape index (κ1) is 21.8. The number of alkyl halides is 4. The van der Waals surface area contributed by atoms with Gasteiger partial charge in [-0.25, -0.2) is 13.8 Å². The molecule has 0 spiro atoms. The smallest absolute Gasteiger partial charge is 0.387 e. The first-order valence-corrected chi connectivity index (χ1v) is 10.8. The quantitative estimate of drug-likeness (QED) is 0.381. The second kappa shape index (κ2) is 8.95. The van der Waals surface area contributed by atoms with E-state index in [0.29, 0.717) is 22.1 Å². The Morgan fingerprint density at radius 2 is 1.97 bits per heavy atom. The maximum atomic E-state index is 13.2. The molecule has 1 fully saturated rings. The summed E-state index contributed by atoms with van der Waals surface area (Å²) in [5.41, 5.74) is 1.44. The number of amides is 1. The third-order valence-electron chi connectivity index (χ3n) is 4.55. The van der Waals surface area contributed by atoms with Crippen molar-refractivity contribution in [2.24, 2.45) is 0 Å². The van der Waals surface area contributed by atoms with Crippen molar-refractivity contribution < 1.29 is 27.1 Å². The maximum Gasteiger partial charge on any atom is 0.387 e. The number of carbonyl (C=O) groups is 1. The number of nitrogens with one attached hydrogen (secondary N) is 1. The van der Waals surface area contributed by atoms with Gasteiger partial charge < -0.3 is 10.1 Å². The molecule has 1 amide bonds.